The summed E-state index contributed by atoms with van der Waals surface area (Å²) >= 11 is 0. The smallest absolute Gasteiger partial charge is 0.792 e. The molecule has 9 nitrogen and oxygen atoms in total. The van der Waals surface area contributed by atoms with Crippen LogP contribution < -0.4 is 0 Å². The predicted octanol–water partition coefficient (Wildman–Crippen LogP) is 4.22. The first-order valence-electron chi connectivity index (χ1n) is 7.56. The van der Waals surface area contributed by atoms with Crippen molar-refractivity contribution in [2.75, 3.05) is 0 Å². The van der Waals surface area contributed by atoms with Crippen molar-refractivity contribution in [1.29, 1.82) is 0 Å². The Morgan fingerprint density at radius 1 is 0.893 bits per heavy atom. The van der Waals surface area contributed by atoms with Crippen LogP contribution in [-0.2, 0) is 16.8 Å². The van der Waals surface area contributed by atoms with Crippen LogP contribution in [-0.4, -0.2) is 38.2 Å². The standard InChI is InChI=1S/C5H5N.C5H7.2C4H8N2O2.Co/c1-2-4-6-5-3-1;1-3-5-4-2;2*1-3(5-7)4(2)6-8;/h1-5H;4-5H,1H2,2H3;2*7-8H,1-2H3;/q;-1;;;+3/p-2/b;5-4+;;;. The molecule has 0 saturated heterocycles. The van der Waals surface area contributed by atoms with Gasteiger partial charge in [-0.15, -0.1) is 6.92 Å². The number of pyridine rings is 1. The topological polar surface area (TPSA) is 149 Å². The quantitative estimate of drug-likeness (QED) is 0.240. The van der Waals surface area contributed by atoms with E-state index in [1.807, 2.05) is 31.2 Å². The number of aromatic nitrogens is 1. The van der Waals surface area contributed by atoms with Crippen LogP contribution in [0.4, 0.5) is 0 Å². The molecule has 0 unspecified atom stereocenters. The summed E-state index contributed by atoms with van der Waals surface area (Å²) in [6.45, 7) is 11.2. The van der Waals surface area contributed by atoms with Crippen LogP contribution in [0.25, 0.3) is 0 Å². The van der Waals surface area contributed by atoms with E-state index in [0.717, 1.165) is 0 Å². The number of oxime groups is 2. The van der Waals surface area contributed by atoms with Gasteiger partial charge in [-0.2, -0.15) is 6.58 Å². The molecule has 1 aromatic heterocycles. The zero-order valence-corrected chi connectivity index (χ0v) is 17.6. The van der Waals surface area contributed by atoms with Gasteiger partial charge in [-0.05, 0) is 39.8 Å². The third-order valence-corrected chi connectivity index (χ3v) is 2.47. The maximum Gasteiger partial charge on any atom is 3.00 e. The Labute approximate surface area is 176 Å². The van der Waals surface area contributed by atoms with E-state index >= 15 is 0 Å². The maximum absolute atomic E-state index is 9.63. The average Bonchev–Trinajstić information content (AvgIpc) is 2.74. The van der Waals surface area contributed by atoms with Crippen LogP contribution in [0.2, 0.25) is 0 Å². The molecule has 0 spiro atoms. The van der Waals surface area contributed by atoms with E-state index in [1.54, 1.807) is 18.5 Å². The zero-order chi connectivity index (χ0) is 21.5. The van der Waals surface area contributed by atoms with Gasteiger partial charge in [0, 0.05) is 12.4 Å². The molecule has 0 atom stereocenters. The van der Waals surface area contributed by atoms with Crippen molar-refractivity contribution >= 4 is 22.8 Å². The van der Waals surface area contributed by atoms with Gasteiger partial charge in [0.25, 0.3) is 0 Å². The Kier molecular flexibility index (Phi) is 30.6. The van der Waals surface area contributed by atoms with E-state index < -0.39 is 0 Å². The summed E-state index contributed by atoms with van der Waals surface area (Å²) in [5.41, 5.74) is 0.903. The molecule has 0 fully saturated rings. The monoisotopic (exact) mass is 435 g/mol. The van der Waals surface area contributed by atoms with Crippen molar-refractivity contribution in [2.45, 2.75) is 34.6 Å². The molecule has 1 aromatic rings. The Bertz CT molecular complexity index is 539. The molecule has 0 aliphatic carbocycles. The second-order valence-electron chi connectivity index (χ2n) is 4.45. The van der Waals surface area contributed by atoms with E-state index in [0.29, 0.717) is 0 Å². The number of rotatable bonds is 3. The fourth-order valence-electron chi connectivity index (χ4n) is 0.707. The molecule has 0 aliphatic heterocycles. The first-order valence-corrected chi connectivity index (χ1v) is 7.56. The van der Waals surface area contributed by atoms with Gasteiger partial charge in [-0.3, -0.25) is 11.1 Å². The van der Waals surface area contributed by atoms with Crippen LogP contribution in [0, 0.1) is 16.5 Å². The molecule has 10 heteroatoms. The van der Waals surface area contributed by atoms with Crippen LogP contribution in [0.15, 0.2) is 69.9 Å². The van der Waals surface area contributed by atoms with Crippen molar-refractivity contribution in [1.82, 2.24) is 4.98 Å². The molecule has 2 N–H and O–H groups in total. The van der Waals surface area contributed by atoms with Crippen molar-refractivity contribution in [2.24, 2.45) is 20.6 Å². The van der Waals surface area contributed by atoms with Crippen molar-refractivity contribution in [3.63, 3.8) is 0 Å². The summed E-state index contributed by atoms with van der Waals surface area (Å²) in [5.74, 6) is 0. The molecule has 0 bridgehead atoms. The van der Waals surface area contributed by atoms with Crippen LogP contribution in [0.1, 0.15) is 34.6 Å². The molecule has 0 aliphatic rings. The van der Waals surface area contributed by atoms with Gasteiger partial charge in [-0.25, -0.2) is 12.2 Å². The zero-order valence-electron chi connectivity index (χ0n) is 16.5. The molecule has 0 amide bonds. The molecule has 1 rings (SSSR count). The van der Waals surface area contributed by atoms with Crippen molar-refractivity contribution in [3.8, 4) is 0 Å². The van der Waals surface area contributed by atoms with Gasteiger partial charge in [0.05, 0.1) is 22.8 Å². The second kappa shape index (κ2) is 26.2. The third-order valence-electron chi connectivity index (χ3n) is 2.47. The molecule has 0 saturated carbocycles. The molecule has 156 valence electrons. The number of nitrogens with zero attached hydrogens (tertiary/aromatic N) is 5. The Morgan fingerprint density at radius 3 is 1.36 bits per heavy atom. The molecular formula is C18H26CoN5O4. The van der Waals surface area contributed by atoms with Gasteiger partial charge in [0.2, 0.25) is 0 Å². The first-order chi connectivity index (χ1) is 12.9. The molecule has 0 radical (unpaired) electrons. The molecule has 28 heavy (non-hydrogen) atoms. The molecular weight excluding hydrogens is 409 g/mol. The van der Waals surface area contributed by atoms with Gasteiger partial charge >= 0.3 is 16.8 Å². The minimum absolute atomic E-state index is 0. The summed E-state index contributed by atoms with van der Waals surface area (Å²) in [5, 5.41) is 45.8. The summed E-state index contributed by atoms with van der Waals surface area (Å²) < 4.78 is 0. The number of allylic oxidation sites excluding steroid dienone is 3. The van der Waals surface area contributed by atoms with Crippen LogP contribution in [0.5, 0.6) is 0 Å². The largest absolute Gasteiger partial charge is 3.00 e. The predicted molar refractivity (Wildman–Crippen MR) is 111 cm³/mol. The summed E-state index contributed by atoms with van der Waals surface area (Å²) in [6, 6.07) is 5.72. The second-order valence-corrected chi connectivity index (χ2v) is 4.45. The normalized spacial score (nSPS) is 11.5. The molecule has 1 heterocycles. The Morgan fingerprint density at radius 2 is 1.29 bits per heavy atom. The van der Waals surface area contributed by atoms with Crippen LogP contribution >= 0.6 is 0 Å². The summed E-state index contributed by atoms with van der Waals surface area (Å²) in [6.07, 6.45) is 9.73. The van der Waals surface area contributed by atoms with E-state index in [-0.39, 0.29) is 39.6 Å². The summed E-state index contributed by atoms with van der Waals surface area (Å²) in [7, 11) is 0. The Hall–Kier alpha value is -2.98. The maximum atomic E-state index is 9.63. The molecule has 0 aromatic carbocycles. The minimum atomic E-state index is 0. The summed E-state index contributed by atoms with van der Waals surface area (Å²) in [4.78, 5) is 3.78. The number of hydrogen-bond acceptors (Lipinski definition) is 9. The van der Waals surface area contributed by atoms with Gasteiger partial charge in [0.1, 0.15) is 0 Å². The van der Waals surface area contributed by atoms with E-state index in [4.69, 9.17) is 10.4 Å². The van der Waals surface area contributed by atoms with Crippen molar-refractivity contribution < 1.29 is 27.2 Å². The first kappa shape index (κ1) is 32.7. The minimum Gasteiger partial charge on any atom is -0.792 e. The SMILES string of the molecule is C=[C-]/C=C/C.CC(=N[O-])C(C)=NO.CC(=N[O-])C(C)=NO.[Co+3].c1ccncc1. The van der Waals surface area contributed by atoms with Crippen LogP contribution in [0.3, 0.4) is 0 Å². The van der Waals surface area contributed by atoms with E-state index in [9.17, 15) is 10.4 Å². The van der Waals surface area contributed by atoms with Gasteiger partial charge in [-0.1, -0.05) is 16.4 Å². The third kappa shape index (κ3) is 25.3. The average molecular weight is 435 g/mol. The van der Waals surface area contributed by atoms with E-state index in [1.165, 1.54) is 27.7 Å². The van der Waals surface area contributed by atoms with Crippen molar-refractivity contribution in [3.05, 3.63) is 65.8 Å². The van der Waals surface area contributed by atoms with E-state index in [2.05, 4.69) is 38.3 Å². The number of hydrogen-bond donors (Lipinski definition) is 2. The fraction of sp³-hybridized carbons (Fsp3) is 0.278. The fourth-order valence-corrected chi connectivity index (χ4v) is 0.707. The Balaban J connectivity index is -0.000000138. The van der Waals surface area contributed by atoms with Gasteiger partial charge in [0.15, 0.2) is 0 Å². The van der Waals surface area contributed by atoms with Gasteiger partial charge < -0.3 is 31.1 Å².